The Morgan fingerprint density at radius 2 is 2.00 bits per heavy atom. The highest BCUT2D eigenvalue weighted by Crippen LogP contribution is 1.94. The molecule has 0 aliphatic carbocycles. The maximum absolute atomic E-state index is 11.2. The number of aromatic nitrogens is 1. The van der Waals surface area contributed by atoms with E-state index in [1.807, 2.05) is 0 Å². The van der Waals surface area contributed by atoms with Gasteiger partial charge in [-0.25, -0.2) is 4.79 Å². The van der Waals surface area contributed by atoms with Gasteiger partial charge in [-0.15, -0.1) is 0 Å². The van der Waals surface area contributed by atoms with Gasteiger partial charge in [0.05, 0.1) is 19.3 Å². The maximum atomic E-state index is 11.2. The van der Waals surface area contributed by atoms with Gasteiger partial charge in [0, 0.05) is 6.07 Å². The predicted molar refractivity (Wildman–Crippen MR) is 57.4 cm³/mol. The fourth-order valence-corrected chi connectivity index (χ4v) is 0.960. The molecule has 0 aliphatic rings. The Hall–Kier alpha value is -2.58. The molecule has 0 aliphatic heterocycles. The van der Waals surface area contributed by atoms with Gasteiger partial charge in [0.15, 0.2) is 5.76 Å². The molecule has 0 saturated carbocycles. The molecule has 1 aromatic heterocycles. The largest absolute Gasteiger partial charge is 0.480 e. The van der Waals surface area contributed by atoms with Crippen LogP contribution in [0.3, 0.4) is 0 Å². The van der Waals surface area contributed by atoms with Crippen LogP contribution in [0.15, 0.2) is 16.8 Å². The number of carbonyl (C=O) groups is 3. The first-order chi connectivity index (χ1) is 8.58. The number of aliphatic carboxylic acids is 1. The number of urea groups is 1. The van der Waals surface area contributed by atoms with Crippen molar-refractivity contribution in [1.29, 1.82) is 0 Å². The molecule has 18 heavy (non-hydrogen) atoms. The van der Waals surface area contributed by atoms with Crippen LogP contribution in [0.2, 0.25) is 0 Å². The zero-order valence-corrected chi connectivity index (χ0v) is 9.30. The lowest BCUT2D eigenvalue weighted by molar-refractivity contribution is -0.137. The normalized spacial score (nSPS) is 9.56. The molecule has 0 aromatic carbocycles. The number of hydrogen-bond acceptors (Lipinski definition) is 5. The fraction of sp³-hybridized carbons (Fsp3) is 0.333. The first-order valence-corrected chi connectivity index (χ1v) is 4.97. The Morgan fingerprint density at radius 1 is 1.22 bits per heavy atom. The molecule has 0 radical (unpaired) electrons. The van der Waals surface area contributed by atoms with Gasteiger partial charge in [-0.3, -0.25) is 9.59 Å². The summed E-state index contributed by atoms with van der Waals surface area (Å²) in [6.07, 6.45) is 1.44. The molecule has 0 saturated heterocycles. The molecule has 0 spiro atoms. The molecule has 1 aromatic rings. The van der Waals surface area contributed by atoms with Gasteiger partial charge >= 0.3 is 12.0 Å². The van der Waals surface area contributed by atoms with Crippen LogP contribution in [-0.2, 0) is 16.1 Å². The summed E-state index contributed by atoms with van der Waals surface area (Å²) < 4.78 is 4.74. The second-order valence-corrected chi connectivity index (χ2v) is 3.19. The van der Waals surface area contributed by atoms with Crippen LogP contribution in [0.1, 0.15) is 5.76 Å². The molecule has 3 amide bonds. The molecular formula is C9H12N4O5. The van der Waals surface area contributed by atoms with E-state index in [1.165, 1.54) is 6.20 Å². The summed E-state index contributed by atoms with van der Waals surface area (Å²) in [5.41, 5.74) is 0. The second-order valence-electron chi connectivity index (χ2n) is 3.19. The van der Waals surface area contributed by atoms with E-state index in [-0.39, 0.29) is 13.1 Å². The lowest BCUT2D eigenvalue weighted by Crippen LogP contribution is -2.42. The first-order valence-electron chi connectivity index (χ1n) is 4.97. The van der Waals surface area contributed by atoms with Crippen molar-refractivity contribution in [2.45, 2.75) is 6.54 Å². The molecule has 0 atom stereocenters. The van der Waals surface area contributed by atoms with Crippen molar-refractivity contribution in [1.82, 2.24) is 21.1 Å². The van der Waals surface area contributed by atoms with E-state index >= 15 is 0 Å². The van der Waals surface area contributed by atoms with Crippen molar-refractivity contribution in [2.24, 2.45) is 0 Å². The monoisotopic (exact) mass is 256 g/mol. The molecular weight excluding hydrogens is 244 g/mol. The van der Waals surface area contributed by atoms with Crippen molar-refractivity contribution >= 4 is 17.9 Å². The topological polar surface area (TPSA) is 134 Å². The Morgan fingerprint density at radius 3 is 2.61 bits per heavy atom. The second kappa shape index (κ2) is 6.89. The third kappa shape index (κ3) is 5.49. The number of hydrogen-bond donors (Lipinski definition) is 4. The van der Waals surface area contributed by atoms with Crippen molar-refractivity contribution in [3.05, 3.63) is 18.0 Å². The van der Waals surface area contributed by atoms with E-state index in [0.717, 1.165) is 0 Å². The van der Waals surface area contributed by atoms with E-state index in [2.05, 4.69) is 21.1 Å². The van der Waals surface area contributed by atoms with Gasteiger partial charge in [0.25, 0.3) is 0 Å². The minimum absolute atomic E-state index is 0.141. The number of carboxylic acid groups (broad SMARTS) is 1. The van der Waals surface area contributed by atoms with Gasteiger partial charge in [-0.2, -0.15) is 0 Å². The molecule has 9 nitrogen and oxygen atoms in total. The predicted octanol–water partition coefficient (Wildman–Crippen LogP) is -1.33. The summed E-state index contributed by atoms with van der Waals surface area (Å²) in [6, 6.07) is 1.01. The average molecular weight is 256 g/mol. The van der Waals surface area contributed by atoms with Gasteiger partial charge in [-0.05, 0) is 0 Å². The van der Waals surface area contributed by atoms with Gasteiger partial charge in [0.2, 0.25) is 5.91 Å². The smallest absolute Gasteiger partial charge is 0.322 e. The van der Waals surface area contributed by atoms with Crippen LogP contribution < -0.4 is 16.0 Å². The highest BCUT2D eigenvalue weighted by atomic mass is 16.5. The molecule has 1 heterocycles. The average Bonchev–Trinajstić information content (AvgIpc) is 2.84. The Kier molecular flexibility index (Phi) is 5.16. The van der Waals surface area contributed by atoms with Crippen molar-refractivity contribution in [3.63, 3.8) is 0 Å². The molecule has 4 N–H and O–H groups in total. The van der Waals surface area contributed by atoms with Gasteiger partial charge in [0.1, 0.15) is 6.54 Å². The van der Waals surface area contributed by atoms with Crippen molar-refractivity contribution in [2.75, 3.05) is 13.1 Å². The molecule has 0 unspecified atom stereocenters. The lowest BCUT2D eigenvalue weighted by atomic mass is 10.4. The first kappa shape index (κ1) is 13.5. The minimum Gasteiger partial charge on any atom is -0.480 e. The number of nitrogens with one attached hydrogen (secondary N) is 3. The van der Waals surface area contributed by atoms with Gasteiger partial charge in [-0.1, -0.05) is 5.16 Å². The molecule has 98 valence electrons. The van der Waals surface area contributed by atoms with Crippen molar-refractivity contribution < 1.29 is 24.0 Å². The summed E-state index contributed by atoms with van der Waals surface area (Å²) in [6.45, 7) is -0.654. The zero-order chi connectivity index (χ0) is 13.4. The van der Waals surface area contributed by atoms with E-state index in [9.17, 15) is 14.4 Å². The van der Waals surface area contributed by atoms with E-state index in [4.69, 9.17) is 9.63 Å². The van der Waals surface area contributed by atoms with Crippen LogP contribution in [0.4, 0.5) is 4.79 Å². The Bertz CT molecular complexity index is 417. The number of amides is 3. The quantitative estimate of drug-likeness (QED) is 0.498. The summed E-state index contributed by atoms with van der Waals surface area (Å²) in [7, 11) is 0. The highest BCUT2D eigenvalue weighted by molar-refractivity contribution is 5.86. The maximum Gasteiger partial charge on any atom is 0.322 e. The summed E-state index contributed by atoms with van der Waals surface area (Å²) in [4.78, 5) is 32.4. The number of carbonyl (C=O) groups excluding carboxylic acids is 2. The van der Waals surface area contributed by atoms with Crippen molar-refractivity contribution in [3.8, 4) is 0 Å². The highest BCUT2D eigenvalue weighted by Gasteiger charge is 2.06. The Labute approximate surface area is 102 Å². The summed E-state index contributed by atoms with van der Waals surface area (Å²) >= 11 is 0. The standard InChI is InChI=1S/C9H12N4O5/c14-7(10-5-8(15)16)4-12-9(17)11-3-6-1-2-13-18-6/h1-2H,3-5H2,(H,10,14)(H,15,16)(H2,11,12,17). The lowest BCUT2D eigenvalue weighted by Gasteiger charge is -2.06. The van der Waals surface area contributed by atoms with E-state index < -0.39 is 24.5 Å². The molecule has 1 rings (SSSR count). The van der Waals surface area contributed by atoms with Crippen LogP contribution in [-0.4, -0.2) is 41.3 Å². The minimum atomic E-state index is -1.15. The molecule has 0 fully saturated rings. The Balaban J connectivity index is 2.13. The third-order valence-electron chi connectivity index (χ3n) is 1.76. The number of carboxylic acids is 1. The van der Waals surface area contributed by atoms with Crippen LogP contribution in [0.25, 0.3) is 0 Å². The van der Waals surface area contributed by atoms with Gasteiger partial charge < -0.3 is 25.6 Å². The zero-order valence-electron chi connectivity index (χ0n) is 9.30. The number of nitrogens with zero attached hydrogens (tertiary/aromatic N) is 1. The van der Waals surface area contributed by atoms with E-state index in [1.54, 1.807) is 6.07 Å². The third-order valence-corrected chi connectivity index (χ3v) is 1.76. The van der Waals surface area contributed by atoms with Crippen LogP contribution >= 0.6 is 0 Å². The molecule has 9 heteroatoms. The van der Waals surface area contributed by atoms with Crippen LogP contribution in [0.5, 0.6) is 0 Å². The number of rotatable bonds is 6. The summed E-state index contributed by atoms with van der Waals surface area (Å²) in [5.74, 6) is -1.27. The van der Waals surface area contributed by atoms with Crippen LogP contribution in [0, 0.1) is 0 Å². The van der Waals surface area contributed by atoms with E-state index in [0.29, 0.717) is 5.76 Å². The fourth-order valence-electron chi connectivity index (χ4n) is 0.960. The molecule has 0 bridgehead atoms. The SMILES string of the molecule is O=C(O)CNC(=O)CNC(=O)NCc1ccno1. The summed E-state index contributed by atoms with van der Waals surface area (Å²) in [5, 5.41) is 18.5.